The lowest BCUT2D eigenvalue weighted by molar-refractivity contribution is -0.151. The van der Waals surface area contributed by atoms with Gasteiger partial charge in [-0.3, -0.25) is 4.79 Å². The van der Waals surface area contributed by atoms with E-state index in [1.165, 1.54) is 25.7 Å². The third-order valence-corrected chi connectivity index (χ3v) is 6.02. The molecular weight excluding hydrogens is 276 g/mol. The molecule has 3 aliphatic rings. The quantitative estimate of drug-likeness (QED) is 0.868. The standard InChI is InChI=1S/C18H32N2O2/c1-2-16(22-15-6-4-3-5-7-15)17(21)20-12-9-18(10-13-20)8-11-19-14-18/h15-16,19H,2-14H2,1H3. The van der Waals surface area contributed by atoms with Crippen molar-refractivity contribution in [3.8, 4) is 0 Å². The minimum absolute atomic E-state index is 0.209. The number of carbonyl (C=O) groups excluding carboxylic acids is 1. The molecule has 0 aromatic heterocycles. The highest BCUT2D eigenvalue weighted by molar-refractivity contribution is 5.81. The Morgan fingerprint density at radius 3 is 2.55 bits per heavy atom. The van der Waals surface area contributed by atoms with Crippen molar-refractivity contribution in [2.75, 3.05) is 26.2 Å². The Bertz CT molecular complexity index is 363. The predicted octanol–water partition coefficient (Wildman–Crippen LogP) is 2.72. The van der Waals surface area contributed by atoms with Gasteiger partial charge < -0.3 is 15.0 Å². The fourth-order valence-corrected chi connectivity index (χ4v) is 4.39. The molecule has 0 aromatic rings. The van der Waals surface area contributed by atoms with Crippen molar-refractivity contribution in [2.24, 2.45) is 5.41 Å². The van der Waals surface area contributed by atoms with Crippen molar-refractivity contribution < 1.29 is 9.53 Å². The van der Waals surface area contributed by atoms with Crippen LogP contribution in [0.2, 0.25) is 0 Å². The zero-order chi connectivity index (χ0) is 15.4. The maximum absolute atomic E-state index is 12.8. The van der Waals surface area contributed by atoms with Gasteiger partial charge in [-0.1, -0.05) is 26.2 Å². The van der Waals surface area contributed by atoms with Gasteiger partial charge in [-0.15, -0.1) is 0 Å². The Hall–Kier alpha value is -0.610. The largest absolute Gasteiger partial charge is 0.365 e. The highest BCUT2D eigenvalue weighted by atomic mass is 16.5. The second kappa shape index (κ2) is 7.31. The lowest BCUT2D eigenvalue weighted by atomic mass is 9.78. The third kappa shape index (κ3) is 3.65. The topological polar surface area (TPSA) is 41.6 Å². The fraction of sp³-hybridized carbons (Fsp3) is 0.944. The molecule has 2 heterocycles. The summed E-state index contributed by atoms with van der Waals surface area (Å²) >= 11 is 0. The zero-order valence-electron chi connectivity index (χ0n) is 14.1. The van der Waals surface area contributed by atoms with E-state index >= 15 is 0 Å². The molecule has 1 aliphatic carbocycles. The van der Waals surface area contributed by atoms with Gasteiger partial charge in [0.15, 0.2) is 0 Å². The van der Waals surface area contributed by atoms with Gasteiger partial charge in [0.25, 0.3) is 5.91 Å². The van der Waals surface area contributed by atoms with Crippen molar-refractivity contribution in [3.63, 3.8) is 0 Å². The van der Waals surface area contributed by atoms with Gasteiger partial charge >= 0.3 is 0 Å². The average Bonchev–Trinajstić information content (AvgIpc) is 3.02. The Labute approximate surface area is 135 Å². The summed E-state index contributed by atoms with van der Waals surface area (Å²) in [5.74, 6) is 0.244. The van der Waals surface area contributed by atoms with Crippen molar-refractivity contribution in [1.82, 2.24) is 10.2 Å². The van der Waals surface area contributed by atoms with Crippen LogP contribution in [0, 0.1) is 5.41 Å². The number of carbonyl (C=O) groups is 1. The predicted molar refractivity (Wildman–Crippen MR) is 87.8 cm³/mol. The first-order valence-electron chi connectivity index (χ1n) is 9.37. The van der Waals surface area contributed by atoms with Crippen LogP contribution in [0.4, 0.5) is 0 Å². The number of hydrogen-bond acceptors (Lipinski definition) is 3. The van der Waals surface area contributed by atoms with Gasteiger partial charge in [0, 0.05) is 19.6 Å². The van der Waals surface area contributed by atoms with E-state index < -0.39 is 0 Å². The number of ether oxygens (including phenoxy) is 1. The van der Waals surface area contributed by atoms with Gasteiger partial charge in [-0.05, 0) is 50.5 Å². The lowest BCUT2D eigenvalue weighted by Gasteiger charge is -2.40. The molecule has 1 saturated carbocycles. The average molecular weight is 308 g/mol. The van der Waals surface area contributed by atoms with Crippen LogP contribution < -0.4 is 5.32 Å². The van der Waals surface area contributed by atoms with Crippen molar-refractivity contribution >= 4 is 5.91 Å². The molecule has 126 valence electrons. The molecule has 1 atom stereocenters. The summed E-state index contributed by atoms with van der Waals surface area (Å²) in [6, 6.07) is 0. The molecule has 4 heteroatoms. The zero-order valence-corrected chi connectivity index (χ0v) is 14.1. The van der Waals surface area contributed by atoms with Crippen LogP contribution in [0.25, 0.3) is 0 Å². The van der Waals surface area contributed by atoms with Crippen molar-refractivity contribution in [2.45, 2.75) is 76.9 Å². The first-order chi connectivity index (χ1) is 10.7. The molecule has 1 unspecified atom stereocenters. The first-order valence-corrected chi connectivity index (χ1v) is 9.37. The highest BCUT2D eigenvalue weighted by Crippen LogP contribution is 2.37. The summed E-state index contributed by atoms with van der Waals surface area (Å²) in [6.07, 6.45) is 10.6. The van der Waals surface area contributed by atoms with E-state index in [1.54, 1.807) is 0 Å². The SMILES string of the molecule is CCC(OC1CCCCC1)C(=O)N1CCC2(CCNC2)CC1. The Balaban J connectivity index is 1.50. The van der Waals surface area contributed by atoms with Crippen LogP contribution >= 0.6 is 0 Å². The number of nitrogens with zero attached hydrogens (tertiary/aromatic N) is 1. The summed E-state index contributed by atoms with van der Waals surface area (Å²) in [5.41, 5.74) is 0.475. The smallest absolute Gasteiger partial charge is 0.251 e. The monoisotopic (exact) mass is 308 g/mol. The Kier molecular flexibility index (Phi) is 5.40. The molecule has 2 aliphatic heterocycles. The Morgan fingerprint density at radius 1 is 1.23 bits per heavy atom. The van der Waals surface area contributed by atoms with Crippen LogP contribution in [0.5, 0.6) is 0 Å². The molecule has 4 nitrogen and oxygen atoms in total. The lowest BCUT2D eigenvalue weighted by Crippen LogP contribution is -2.48. The van der Waals surface area contributed by atoms with E-state index in [2.05, 4.69) is 17.1 Å². The molecule has 2 saturated heterocycles. The summed E-state index contributed by atoms with van der Waals surface area (Å²) in [4.78, 5) is 14.9. The number of piperidine rings is 1. The molecule has 1 spiro atoms. The number of rotatable bonds is 4. The van der Waals surface area contributed by atoms with E-state index in [9.17, 15) is 4.79 Å². The van der Waals surface area contributed by atoms with Gasteiger partial charge in [0.2, 0.25) is 0 Å². The normalized spacial score (nSPS) is 27.2. The van der Waals surface area contributed by atoms with E-state index in [0.717, 1.165) is 58.3 Å². The van der Waals surface area contributed by atoms with Crippen molar-refractivity contribution in [3.05, 3.63) is 0 Å². The molecule has 0 radical (unpaired) electrons. The molecule has 22 heavy (non-hydrogen) atoms. The van der Waals surface area contributed by atoms with Gasteiger partial charge in [0.05, 0.1) is 6.10 Å². The van der Waals surface area contributed by atoms with Crippen LogP contribution in [0.1, 0.15) is 64.7 Å². The summed E-state index contributed by atoms with van der Waals surface area (Å²) in [6.45, 7) is 6.22. The highest BCUT2D eigenvalue weighted by Gasteiger charge is 2.39. The van der Waals surface area contributed by atoms with Gasteiger partial charge in [-0.2, -0.15) is 0 Å². The molecule has 3 rings (SSSR count). The maximum Gasteiger partial charge on any atom is 0.251 e. The summed E-state index contributed by atoms with van der Waals surface area (Å²) in [5, 5.41) is 3.49. The van der Waals surface area contributed by atoms with Crippen LogP contribution in [0.3, 0.4) is 0 Å². The van der Waals surface area contributed by atoms with Gasteiger partial charge in [0.1, 0.15) is 6.10 Å². The van der Waals surface area contributed by atoms with Crippen LogP contribution in [-0.4, -0.2) is 49.2 Å². The van der Waals surface area contributed by atoms with E-state index in [0.29, 0.717) is 11.5 Å². The third-order valence-electron chi connectivity index (χ3n) is 6.02. The number of nitrogens with one attached hydrogen (secondary N) is 1. The summed E-state index contributed by atoms with van der Waals surface area (Å²) < 4.78 is 6.17. The van der Waals surface area contributed by atoms with E-state index in [-0.39, 0.29) is 12.0 Å². The molecule has 3 fully saturated rings. The second-order valence-corrected chi connectivity index (χ2v) is 7.55. The Morgan fingerprint density at radius 2 is 1.95 bits per heavy atom. The molecule has 0 aromatic carbocycles. The first kappa shape index (κ1) is 16.3. The fourth-order valence-electron chi connectivity index (χ4n) is 4.39. The van der Waals surface area contributed by atoms with Crippen LogP contribution in [-0.2, 0) is 9.53 Å². The van der Waals surface area contributed by atoms with E-state index in [1.807, 2.05) is 0 Å². The minimum Gasteiger partial charge on any atom is -0.365 e. The molecule has 1 N–H and O–H groups in total. The number of amides is 1. The molecule has 0 bridgehead atoms. The van der Waals surface area contributed by atoms with E-state index in [4.69, 9.17) is 4.74 Å². The summed E-state index contributed by atoms with van der Waals surface area (Å²) in [7, 11) is 0. The van der Waals surface area contributed by atoms with Gasteiger partial charge in [-0.25, -0.2) is 0 Å². The molecule has 1 amide bonds. The number of hydrogen-bond donors (Lipinski definition) is 1. The maximum atomic E-state index is 12.8. The molecular formula is C18H32N2O2. The minimum atomic E-state index is -0.209. The number of likely N-dealkylation sites (tertiary alicyclic amines) is 1. The second-order valence-electron chi connectivity index (χ2n) is 7.55. The van der Waals surface area contributed by atoms with Crippen LogP contribution in [0.15, 0.2) is 0 Å². The van der Waals surface area contributed by atoms with Crippen molar-refractivity contribution in [1.29, 1.82) is 0 Å².